The van der Waals surface area contributed by atoms with Crippen molar-refractivity contribution in [2.45, 2.75) is 19.8 Å². The fourth-order valence-electron chi connectivity index (χ4n) is 1.84. The van der Waals surface area contributed by atoms with Gasteiger partial charge in [-0.25, -0.2) is 14.6 Å². The molecule has 0 aliphatic heterocycles. The lowest BCUT2D eigenvalue weighted by atomic mass is 10.1. The van der Waals surface area contributed by atoms with Crippen LogP contribution in [0.25, 0.3) is 11.4 Å². The highest BCUT2D eigenvalue weighted by Gasteiger charge is 2.14. The van der Waals surface area contributed by atoms with E-state index in [-0.39, 0.29) is 0 Å². The van der Waals surface area contributed by atoms with E-state index in [4.69, 9.17) is 0 Å². The molecule has 2 heterocycles. The highest BCUT2D eigenvalue weighted by atomic mass is 15.4. The molecule has 2 aromatic heterocycles. The highest BCUT2D eigenvalue weighted by molar-refractivity contribution is 5.64. The third-order valence-corrected chi connectivity index (χ3v) is 2.64. The van der Waals surface area contributed by atoms with Gasteiger partial charge in [0.15, 0.2) is 0 Å². The van der Waals surface area contributed by atoms with Crippen LogP contribution in [0.15, 0.2) is 12.5 Å². The number of rotatable bonds is 4. The smallest absolute Gasteiger partial charge is 0.133 e. The number of hydrogen-bond donors (Lipinski definition) is 1. The van der Waals surface area contributed by atoms with Crippen molar-refractivity contribution in [1.29, 1.82) is 0 Å². The summed E-state index contributed by atoms with van der Waals surface area (Å²) in [7, 11) is 3.73. The van der Waals surface area contributed by atoms with Crippen molar-refractivity contribution in [3.63, 3.8) is 0 Å². The lowest BCUT2D eigenvalue weighted by Gasteiger charge is -2.11. The highest BCUT2D eigenvalue weighted by Crippen LogP contribution is 2.25. The van der Waals surface area contributed by atoms with Crippen LogP contribution in [0.4, 0.5) is 5.82 Å². The molecule has 0 unspecified atom stereocenters. The maximum absolute atomic E-state index is 4.36. The summed E-state index contributed by atoms with van der Waals surface area (Å²) in [5.74, 6) is 0.873. The first kappa shape index (κ1) is 11.5. The first-order chi connectivity index (χ1) is 8.27. The van der Waals surface area contributed by atoms with E-state index in [0.717, 1.165) is 35.6 Å². The largest absolute Gasteiger partial charge is 0.373 e. The van der Waals surface area contributed by atoms with E-state index in [1.165, 1.54) is 0 Å². The molecule has 0 aromatic carbocycles. The number of aromatic nitrogens is 5. The molecular weight excluding hydrogens is 216 g/mol. The second-order valence-corrected chi connectivity index (χ2v) is 3.79. The van der Waals surface area contributed by atoms with Crippen LogP contribution in [0.1, 0.15) is 18.9 Å². The number of hydrogen-bond acceptors (Lipinski definition) is 5. The van der Waals surface area contributed by atoms with E-state index in [9.17, 15) is 0 Å². The van der Waals surface area contributed by atoms with Crippen LogP contribution in [-0.4, -0.2) is 32.0 Å². The summed E-state index contributed by atoms with van der Waals surface area (Å²) in [4.78, 5) is 8.60. The molecule has 0 bridgehead atoms. The molecule has 17 heavy (non-hydrogen) atoms. The van der Waals surface area contributed by atoms with Gasteiger partial charge in [0.1, 0.15) is 17.8 Å². The second-order valence-electron chi connectivity index (χ2n) is 3.79. The molecule has 6 heteroatoms. The van der Waals surface area contributed by atoms with Gasteiger partial charge in [-0.2, -0.15) is 0 Å². The summed E-state index contributed by atoms with van der Waals surface area (Å²) < 4.78 is 1.72. The van der Waals surface area contributed by atoms with E-state index >= 15 is 0 Å². The van der Waals surface area contributed by atoms with Crippen molar-refractivity contribution in [3.8, 4) is 11.4 Å². The average Bonchev–Trinajstić information content (AvgIpc) is 2.76. The normalized spacial score (nSPS) is 10.5. The molecule has 0 atom stereocenters. The van der Waals surface area contributed by atoms with Crippen molar-refractivity contribution in [1.82, 2.24) is 25.0 Å². The maximum Gasteiger partial charge on any atom is 0.133 e. The molecule has 0 amide bonds. The van der Waals surface area contributed by atoms with Gasteiger partial charge in [0, 0.05) is 19.7 Å². The Balaban J connectivity index is 2.57. The predicted molar refractivity (Wildman–Crippen MR) is 65.6 cm³/mol. The van der Waals surface area contributed by atoms with Gasteiger partial charge in [0.2, 0.25) is 0 Å². The number of nitrogens with zero attached hydrogens (tertiary/aromatic N) is 5. The Labute approximate surface area is 100 Å². The van der Waals surface area contributed by atoms with Gasteiger partial charge >= 0.3 is 0 Å². The molecule has 0 fully saturated rings. The summed E-state index contributed by atoms with van der Waals surface area (Å²) in [6, 6.07) is 0. The quantitative estimate of drug-likeness (QED) is 0.859. The molecule has 1 N–H and O–H groups in total. The molecule has 0 aliphatic carbocycles. The molecule has 2 rings (SSSR count). The van der Waals surface area contributed by atoms with Crippen molar-refractivity contribution < 1.29 is 0 Å². The van der Waals surface area contributed by atoms with Gasteiger partial charge in [0.25, 0.3) is 0 Å². The molecule has 0 saturated carbocycles. The minimum absolute atomic E-state index is 0.873. The third kappa shape index (κ3) is 2.11. The molecule has 0 radical (unpaired) electrons. The predicted octanol–water partition coefficient (Wildman–Crippen LogP) is 1.27. The van der Waals surface area contributed by atoms with Crippen molar-refractivity contribution in [2.75, 3.05) is 12.4 Å². The molecular formula is C11H16N6. The Morgan fingerprint density at radius 2 is 2.18 bits per heavy atom. The third-order valence-electron chi connectivity index (χ3n) is 2.64. The lowest BCUT2D eigenvalue weighted by Crippen LogP contribution is -2.05. The SMILES string of the molecule is CCCc1c(NC)ncnc1-c1cnnn1C. The van der Waals surface area contributed by atoms with Crippen LogP contribution in [0, 0.1) is 0 Å². The summed E-state index contributed by atoms with van der Waals surface area (Å²) in [5, 5.41) is 10.9. The standard InChI is InChI=1S/C11H16N6/c1-4-5-8-10(9-6-15-16-17(9)3)13-7-14-11(8)12-2/h6-7H,4-5H2,1-3H3,(H,12,13,14). The molecule has 2 aromatic rings. The summed E-state index contributed by atoms with van der Waals surface area (Å²) in [5.41, 5.74) is 2.92. The van der Waals surface area contributed by atoms with E-state index in [2.05, 4.69) is 32.5 Å². The number of nitrogens with one attached hydrogen (secondary N) is 1. The van der Waals surface area contributed by atoms with E-state index < -0.39 is 0 Å². The lowest BCUT2D eigenvalue weighted by molar-refractivity contribution is 0.717. The monoisotopic (exact) mass is 232 g/mol. The minimum Gasteiger partial charge on any atom is -0.373 e. The Hall–Kier alpha value is -1.98. The zero-order valence-corrected chi connectivity index (χ0v) is 10.3. The molecule has 0 spiro atoms. The van der Waals surface area contributed by atoms with Crippen LogP contribution < -0.4 is 5.32 Å². The van der Waals surface area contributed by atoms with Gasteiger partial charge in [-0.3, -0.25) is 0 Å². The number of aryl methyl sites for hydroxylation is 1. The zero-order chi connectivity index (χ0) is 12.3. The Bertz CT molecular complexity index is 504. The summed E-state index contributed by atoms with van der Waals surface area (Å²) >= 11 is 0. The Morgan fingerprint density at radius 1 is 1.35 bits per heavy atom. The fraction of sp³-hybridized carbons (Fsp3) is 0.455. The minimum atomic E-state index is 0.873. The van der Waals surface area contributed by atoms with Gasteiger partial charge in [0.05, 0.1) is 11.9 Å². The van der Waals surface area contributed by atoms with Gasteiger partial charge < -0.3 is 5.32 Å². The topological polar surface area (TPSA) is 68.5 Å². The van der Waals surface area contributed by atoms with Gasteiger partial charge in [-0.15, -0.1) is 5.10 Å². The molecule has 0 saturated heterocycles. The Morgan fingerprint density at radius 3 is 2.76 bits per heavy atom. The first-order valence-corrected chi connectivity index (χ1v) is 5.64. The van der Waals surface area contributed by atoms with Crippen molar-refractivity contribution in [3.05, 3.63) is 18.1 Å². The van der Waals surface area contributed by atoms with Crippen LogP contribution >= 0.6 is 0 Å². The summed E-state index contributed by atoms with van der Waals surface area (Å²) in [6.45, 7) is 2.14. The van der Waals surface area contributed by atoms with Crippen LogP contribution in [0.5, 0.6) is 0 Å². The zero-order valence-electron chi connectivity index (χ0n) is 10.3. The summed E-state index contributed by atoms with van der Waals surface area (Å²) in [6.07, 6.45) is 5.26. The average molecular weight is 232 g/mol. The maximum atomic E-state index is 4.36. The molecule has 6 nitrogen and oxygen atoms in total. The molecule has 0 aliphatic rings. The van der Waals surface area contributed by atoms with E-state index in [1.807, 2.05) is 14.1 Å². The van der Waals surface area contributed by atoms with Crippen molar-refractivity contribution >= 4 is 5.82 Å². The fourth-order valence-corrected chi connectivity index (χ4v) is 1.84. The number of anilines is 1. The van der Waals surface area contributed by atoms with Crippen LogP contribution in [0.3, 0.4) is 0 Å². The van der Waals surface area contributed by atoms with Gasteiger partial charge in [-0.1, -0.05) is 18.6 Å². The second kappa shape index (κ2) is 4.90. The van der Waals surface area contributed by atoms with Crippen molar-refractivity contribution in [2.24, 2.45) is 7.05 Å². The van der Waals surface area contributed by atoms with E-state index in [1.54, 1.807) is 17.2 Å². The molecule has 90 valence electrons. The van der Waals surface area contributed by atoms with Crippen LogP contribution in [0.2, 0.25) is 0 Å². The van der Waals surface area contributed by atoms with Gasteiger partial charge in [-0.05, 0) is 6.42 Å². The van der Waals surface area contributed by atoms with E-state index in [0.29, 0.717) is 0 Å². The van der Waals surface area contributed by atoms with Crippen LogP contribution in [-0.2, 0) is 13.5 Å². The Kier molecular flexibility index (Phi) is 3.32. The first-order valence-electron chi connectivity index (χ1n) is 5.64.